The molecule has 0 atom stereocenters. The molecule has 2 N–H and O–H groups in total. The second-order valence-electron chi connectivity index (χ2n) is 7.05. The van der Waals surface area contributed by atoms with Gasteiger partial charge < -0.3 is 10.1 Å². The maximum atomic E-state index is 12.6. The minimum absolute atomic E-state index is 0.274. The van der Waals surface area contributed by atoms with Crippen LogP contribution in [0.4, 0.5) is 16.8 Å². The Morgan fingerprint density at radius 1 is 0.938 bits per heavy atom. The summed E-state index contributed by atoms with van der Waals surface area (Å²) >= 11 is 1.30. The Kier molecular flexibility index (Phi) is 6.09. The summed E-state index contributed by atoms with van der Waals surface area (Å²) in [6, 6.07) is 14.0. The maximum Gasteiger partial charge on any atom is 0.338 e. The average molecular weight is 448 g/mol. The van der Waals surface area contributed by atoms with Crippen molar-refractivity contribution in [2.24, 2.45) is 0 Å². The molecule has 4 rings (SSSR count). The third-order valence-corrected chi connectivity index (χ3v) is 5.44. The monoisotopic (exact) mass is 447 g/mol. The van der Waals surface area contributed by atoms with Gasteiger partial charge in [-0.2, -0.15) is 0 Å². The summed E-state index contributed by atoms with van der Waals surface area (Å²) in [5.41, 5.74) is 4.17. The number of thiazole rings is 1. The number of aryl methyl sites for hydroxylation is 2. The van der Waals surface area contributed by atoms with Crippen molar-refractivity contribution in [2.75, 3.05) is 17.2 Å². The van der Waals surface area contributed by atoms with Gasteiger partial charge in [-0.05, 0) is 69.3 Å². The molecule has 0 bridgehead atoms. The molecule has 0 unspecified atom stereocenters. The molecule has 0 fully saturated rings. The summed E-state index contributed by atoms with van der Waals surface area (Å²) in [5, 5.41) is 6.41. The second kappa shape index (κ2) is 9.11. The molecule has 0 aliphatic carbocycles. The molecule has 2 heterocycles. The van der Waals surface area contributed by atoms with Crippen LogP contribution in [0.15, 0.2) is 48.5 Å². The fourth-order valence-corrected chi connectivity index (χ4v) is 4.00. The summed E-state index contributed by atoms with van der Waals surface area (Å²) in [6.07, 6.45) is 0. The van der Waals surface area contributed by atoms with E-state index in [4.69, 9.17) is 4.74 Å². The van der Waals surface area contributed by atoms with Crippen LogP contribution in [-0.4, -0.2) is 33.4 Å². The van der Waals surface area contributed by atoms with Crippen LogP contribution in [0.5, 0.6) is 0 Å². The van der Waals surface area contributed by atoms with Gasteiger partial charge in [-0.15, -0.1) is 0 Å². The SMILES string of the molecule is CCOC(=O)c1ccc2nc(NC(=O)c3ccc(Nc4nc(C)cc(C)n4)cc3)sc2c1. The van der Waals surface area contributed by atoms with Gasteiger partial charge in [0, 0.05) is 22.6 Å². The highest BCUT2D eigenvalue weighted by Crippen LogP contribution is 2.27. The maximum absolute atomic E-state index is 12.6. The summed E-state index contributed by atoms with van der Waals surface area (Å²) < 4.78 is 5.82. The van der Waals surface area contributed by atoms with Gasteiger partial charge in [-0.3, -0.25) is 10.1 Å². The zero-order valence-electron chi connectivity index (χ0n) is 17.8. The molecule has 9 heteroatoms. The van der Waals surface area contributed by atoms with E-state index in [9.17, 15) is 9.59 Å². The molecular weight excluding hydrogens is 426 g/mol. The number of aromatic nitrogens is 3. The highest BCUT2D eigenvalue weighted by molar-refractivity contribution is 7.22. The molecule has 1 amide bonds. The zero-order chi connectivity index (χ0) is 22.7. The summed E-state index contributed by atoms with van der Waals surface area (Å²) in [7, 11) is 0. The van der Waals surface area contributed by atoms with Crippen molar-refractivity contribution in [1.82, 2.24) is 15.0 Å². The van der Waals surface area contributed by atoms with Crippen molar-refractivity contribution >= 4 is 50.2 Å². The van der Waals surface area contributed by atoms with Crippen molar-refractivity contribution in [3.05, 3.63) is 71.0 Å². The Morgan fingerprint density at radius 3 is 2.31 bits per heavy atom. The van der Waals surface area contributed by atoms with E-state index < -0.39 is 0 Å². The number of nitrogens with one attached hydrogen (secondary N) is 2. The quantitative estimate of drug-likeness (QED) is 0.406. The molecule has 2 aromatic carbocycles. The van der Waals surface area contributed by atoms with Gasteiger partial charge in [0.25, 0.3) is 5.91 Å². The van der Waals surface area contributed by atoms with E-state index in [1.165, 1.54) is 11.3 Å². The lowest BCUT2D eigenvalue weighted by molar-refractivity contribution is 0.0526. The Labute approximate surface area is 188 Å². The number of ether oxygens (including phenoxy) is 1. The average Bonchev–Trinajstić information content (AvgIpc) is 3.15. The number of amides is 1. The molecule has 4 aromatic rings. The molecule has 8 nitrogen and oxygen atoms in total. The fourth-order valence-electron chi connectivity index (χ4n) is 3.10. The van der Waals surface area contributed by atoms with Crippen molar-refractivity contribution in [2.45, 2.75) is 20.8 Å². The predicted octanol–water partition coefficient (Wildman–Crippen LogP) is 4.88. The number of esters is 1. The molecule has 0 radical (unpaired) electrons. The number of anilines is 3. The number of hydrogen-bond donors (Lipinski definition) is 2. The first-order valence-corrected chi connectivity index (χ1v) is 10.8. The van der Waals surface area contributed by atoms with Crippen LogP contribution in [0.1, 0.15) is 39.0 Å². The van der Waals surface area contributed by atoms with Gasteiger partial charge >= 0.3 is 5.97 Å². The summed E-state index contributed by atoms with van der Waals surface area (Å²) in [5.74, 6) is -0.145. The predicted molar refractivity (Wildman–Crippen MR) is 125 cm³/mol. The number of nitrogens with zero attached hydrogens (tertiary/aromatic N) is 3. The number of carbonyl (C=O) groups excluding carboxylic acids is 2. The first-order chi connectivity index (χ1) is 15.4. The van der Waals surface area contributed by atoms with Crippen LogP contribution in [0.2, 0.25) is 0 Å². The van der Waals surface area contributed by atoms with Gasteiger partial charge in [-0.1, -0.05) is 11.3 Å². The Hall–Kier alpha value is -3.85. The van der Waals surface area contributed by atoms with Gasteiger partial charge in [0.2, 0.25) is 5.95 Å². The van der Waals surface area contributed by atoms with Crippen molar-refractivity contribution in [3.8, 4) is 0 Å². The third-order valence-electron chi connectivity index (χ3n) is 4.51. The van der Waals surface area contributed by atoms with Crippen LogP contribution in [0.3, 0.4) is 0 Å². The van der Waals surface area contributed by atoms with Crippen LogP contribution in [0.25, 0.3) is 10.2 Å². The normalized spacial score (nSPS) is 10.7. The number of fused-ring (bicyclic) bond motifs is 1. The van der Waals surface area contributed by atoms with Crippen LogP contribution in [-0.2, 0) is 4.74 Å². The minimum atomic E-state index is -0.381. The van der Waals surface area contributed by atoms with E-state index in [0.29, 0.717) is 34.3 Å². The lowest BCUT2D eigenvalue weighted by atomic mass is 10.2. The van der Waals surface area contributed by atoms with Crippen molar-refractivity contribution in [3.63, 3.8) is 0 Å². The summed E-state index contributed by atoms with van der Waals surface area (Å²) in [4.78, 5) is 37.7. The molecule has 0 saturated carbocycles. The number of rotatable bonds is 6. The fraction of sp³-hybridized carbons (Fsp3) is 0.174. The molecule has 0 aliphatic rings. The van der Waals surface area contributed by atoms with Gasteiger partial charge in [0.05, 0.1) is 22.4 Å². The van der Waals surface area contributed by atoms with E-state index in [1.54, 1.807) is 49.4 Å². The highest BCUT2D eigenvalue weighted by atomic mass is 32.1. The van der Waals surface area contributed by atoms with E-state index in [0.717, 1.165) is 21.8 Å². The Balaban J connectivity index is 1.45. The van der Waals surface area contributed by atoms with E-state index in [1.807, 2.05) is 19.9 Å². The van der Waals surface area contributed by atoms with E-state index in [2.05, 4.69) is 25.6 Å². The summed E-state index contributed by atoms with van der Waals surface area (Å²) in [6.45, 7) is 5.89. The van der Waals surface area contributed by atoms with Crippen molar-refractivity contribution in [1.29, 1.82) is 0 Å². The number of benzene rings is 2. The van der Waals surface area contributed by atoms with Crippen LogP contribution < -0.4 is 10.6 Å². The van der Waals surface area contributed by atoms with Crippen LogP contribution >= 0.6 is 11.3 Å². The zero-order valence-corrected chi connectivity index (χ0v) is 18.6. The highest BCUT2D eigenvalue weighted by Gasteiger charge is 2.13. The standard InChI is InChI=1S/C23H21N5O3S/c1-4-31-21(30)16-7-10-18-19(12-16)32-23(27-18)28-20(29)15-5-8-17(9-6-15)26-22-24-13(2)11-14(3)25-22/h5-12H,4H2,1-3H3,(H,24,25,26)(H,27,28,29). The first-order valence-electron chi connectivity index (χ1n) is 9.99. The Morgan fingerprint density at radius 2 is 1.62 bits per heavy atom. The van der Waals surface area contributed by atoms with E-state index >= 15 is 0 Å². The molecule has 2 aromatic heterocycles. The van der Waals surface area contributed by atoms with E-state index in [-0.39, 0.29) is 11.9 Å². The molecule has 0 spiro atoms. The molecule has 32 heavy (non-hydrogen) atoms. The van der Waals surface area contributed by atoms with Gasteiger partial charge in [-0.25, -0.2) is 19.7 Å². The van der Waals surface area contributed by atoms with Gasteiger partial charge in [0.1, 0.15) is 0 Å². The molecule has 0 saturated heterocycles. The lowest BCUT2D eigenvalue weighted by Gasteiger charge is -2.07. The Bertz CT molecular complexity index is 1280. The topological polar surface area (TPSA) is 106 Å². The lowest BCUT2D eigenvalue weighted by Crippen LogP contribution is -2.11. The van der Waals surface area contributed by atoms with Gasteiger partial charge in [0.15, 0.2) is 5.13 Å². The molecular formula is C23H21N5O3S. The second-order valence-corrected chi connectivity index (χ2v) is 8.08. The third kappa shape index (κ3) is 4.89. The smallest absolute Gasteiger partial charge is 0.338 e. The first kappa shape index (κ1) is 21.4. The number of carbonyl (C=O) groups is 2. The molecule has 162 valence electrons. The van der Waals surface area contributed by atoms with Crippen molar-refractivity contribution < 1.29 is 14.3 Å². The minimum Gasteiger partial charge on any atom is -0.462 e. The largest absolute Gasteiger partial charge is 0.462 e. The molecule has 0 aliphatic heterocycles. The number of hydrogen-bond acceptors (Lipinski definition) is 8. The van der Waals surface area contributed by atoms with Crippen LogP contribution in [0, 0.1) is 13.8 Å².